The minimum atomic E-state index is 0.889. The first kappa shape index (κ1) is 22.1. The fraction of sp³-hybridized carbons (Fsp3) is 0.556. The highest BCUT2D eigenvalue weighted by Crippen LogP contribution is 2.27. The zero-order chi connectivity index (χ0) is 20.0. The standard InChI is InChI=1S/C27H40N2/c1-4-10-24(11-5-1)12-8-3-9-20-28-22-26-15-17-27(18-16-26)23-29-21-19-25-13-6-2-7-14-25/h1-2,4-7,10-11,13-14,26-29H,3,8-9,12,15-23H2. The molecule has 1 fully saturated rings. The van der Waals surface area contributed by atoms with Gasteiger partial charge in [0.25, 0.3) is 0 Å². The van der Waals surface area contributed by atoms with Gasteiger partial charge in [0.05, 0.1) is 0 Å². The van der Waals surface area contributed by atoms with E-state index in [1.807, 2.05) is 0 Å². The molecule has 2 heteroatoms. The Labute approximate surface area is 178 Å². The average molecular weight is 393 g/mol. The third kappa shape index (κ3) is 9.14. The topological polar surface area (TPSA) is 24.1 Å². The summed E-state index contributed by atoms with van der Waals surface area (Å²) in [6.45, 7) is 4.73. The highest BCUT2D eigenvalue weighted by atomic mass is 14.9. The molecule has 0 radical (unpaired) electrons. The Morgan fingerprint density at radius 2 is 1.07 bits per heavy atom. The van der Waals surface area contributed by atoms with Crippen LogP contribution >= 0.6 is 0 Å². The highest BCUT2D eigenvalue weighted by Gasteiger charge is 2.20. The molecule has 29 heavy (non-hydrogen) atoms. The molecule has 0 bridgehead atoms. The van der Waals surface area contributed by atoms with Gasteiger partial charge >= 0.3 is 0 Å². The van der Waals surface area contributed by atoms with Gasteiger partial charge in [-0.1, -0.05) is 67.1 Å². The average Bonchev–Trinajstić information content (AvgIpc) is 2.78. The van der Waals surface area contributed by atoms with Crippen LogP contribution in [0.4, 0.5) is 0 Å². The van der Waals surface area contributed by atoms with Crippen LogP contribution in [0.15, 0.2) is 60.7 Å². The molecule has 0 heterocycles. The van der Waals surface area contributed by atoms with E-state index >= 15 is 0 Å². The molecule has 3 rings (SSSR count). The van der Waals surface area contributed by atoms with E-state index in [2.05, 4.69) is 71.3 Å². The van der Waals surface area contributed by atoms with Gasteiger partial charge in [-0.3, -0.25) is 0 Å². The molecule has 0 atom stereocenters. The van der Waals surface area contributed by atoms with Crippen molar-refractivity contribution in [3.63, 3.8) is 0 Å². The van der Waals surface area contributed by atoms with Crippen molar-refractivity contribution < 1.29 is 0 Å². The Bertz CT molecular complexity index is 629. The Kier molecular flexibility index (Phi) is 10.3. The van der Waals surface area contributed by atoms with Crippen molar-refractivity contribution >= 4 is 0 Å². The van der Waals surface area contributed by atoms with Crippen molar-refractivity contribution in [3.05, 3.63) is 71.8 Å². The summed E-state index contributed by atoms with van der Waals surface area (Å²) in [4.78, 5) is 0. The lowest BCUT2D eigenvalue weighted by atomic mass is 9.82. The molecule has 2 aromatic carbocycles. The first-order valence-electron chi connectivity index (χ1n) is 11.9. The predicted molar refractivity (Wildman–Crippen MR) is 125 cm³/mol. The third-order valence-electron chi connectivity index (χ3n) is 6.43. The Balaban J connectivity index is 1.13. The first-order valence-corrected chi connectivity index (χ1v) is 11.9. The van der Waals surface area contributed by atoms with E-state index in [1.165, 1.54) is 82.1 Å². The van der Waals surface area contributed by atoms with E-state index < -0.39 is 0 Å². The number of nitrogens with one attached hydrogen (secondary N) is 2. The maximum atomic E-state index is 3.72. The van der Waals surface area contributed by atoms with Crippen molar-refractivity contribution in [2.45, 2.75) is 57.8 Å². The molecule has 0 aliphatic heterocycles. The van der Waals surface area contributed by atoms with E-state index in [1.54, 1.807) is 0 Å². The first-order chi connectivity index (χ1) is 14.4. The zero-order valence-electron chi connectivity index (χ0n) is 18.1. The molecule has 1 aliphatic rings. The number of unbranched alkanes of at least 4 members (excludes halogenated alkanes) is 2. The Morgan fingerprint density at radius 3 is 1.66 bits per heavy atom. The maximum Gasteiger partial charge on any atom is -0.000824 e. The monoisotopic (exact) mass is 392 g/mol. The van der Waals surface area contributed by atoms with Crippen LogP contribution in [-0.2, 0) is 12.8 Å². The minimum absolute atomic E-state index is 0.889. The molecule has 0 saturated heterocycles. The van der Waals surface area contributed by atoms with E-state index in [0.29, 0.717) is 0 Å². The van der Waals surface area contributed by atoms with Crippen LogP contribution in [0, 0.1) is 11.8 Å². The second-order valence-corrected chi connectivity index (χ2v) is 8.83. The molecule has 0 aromatic heterocycles. The van der Waals surface area contributed by atoms with Crippen LogP contribution in [0.3, 0.4) is 0 Å². The summed E-state index contributed by atoms with van der Waals surface area (Å²) < 4.78 is 0. The number of hydrogen-bond donors (Lipinski definition) is 2. The van der Waals surface area contributed by atoms with Crippen LogP contribution in [0.25, 0.3) is 0 Å². The second kappa shape index (κ2) is 13.6. The van der Waals surface area contributed by atoms with Gasteiger partial charge in [0.1, 0.15) is 0 Å². The summed E-state index contributed by atoms with van der Waals surface area (Å²) in [6, 6.07) is 21.7. The van der Waals surface area contributed by atoms with Crippen molar-refractivity contribution in [2.24, 2.45) is 11.8 Å². The van der Waals surface area contributed by atoms with Crippen molar-refractivity contribution in [2.75, 3.05) is 26.2 Å². The van der Waals surface area contributed by atoms with Crippen LogP contribution in [0.2, 0.25) is 0 Å². The number of aryl methyl sites for hydroxylation is 1. The van der Waals surface area contributed by atoms with Crippen LogP contribution in [0.1, 0.15) is 56.1 Å². The number of hydrogen-bond acceptors (Lipinski definition) is 2. The number of benzene rings is 2. The largest absolute Gasteiger partial charge is 0.316 e. The van der Waals surface area contributed by atoms with E-state index in [4.69, 9.17) is 0 Å². The normalized spacial score (nSPS) is 19.3. The molecular weight excluding hydrogens is 352 g/mol. The van der Waals surface area contributed by atoms with Gasteiger partial charge in [-0.15, -0.1) is 0 Å². The molecule has 0 amide bonds. The minimum Gasteiger partial charge on any atom is -0.316 e. The lowest BCUT2D eigenvalue weighted by Crippen LogP contribution is -2.31. The molecule has 2 N–H and O–H groups in total. The summed E-state index contributed by atoms with van der Waals surface area (Å²) in [5.41, 5.74) is 2.92. The molecule has 1 saturated carbocycles. The zero-order valence-corrected chi connectivity index (χ0v) is 18.1. The molecule has 0 unspecified atom stereocenters. The van der Waals surface area contributed by atoms with E-state index in [-0.39, 0.29) is 0 Å². The molecule has 0 spiro atoms. The third-order valence-corrected chi connectivity index (χ3v) is 6.43. The molecular formula is C27H40N2. The van der Waals surface area contributed by atoms with E-state index in [9.17, 15) is 0 Å². The maximum absolute atomic E-state index is 3.72. The van der Waals surface area contributed by atoms with E-state index in [0.717, 1.165) is 24.8 Å². The van der Waals surface area contributed by atoms with Gasteiger partial charge in [-0.25, -0.2) is 0 Å². The van der Waals surface area contributed by atoms with Crippen molar-refractivity contribution in [1.29, 1.82) is 0 Å². The van der Waals surface area contributed by atoms with Crippen molar-refractivity contribution in [3.8, 4) is 0 Å². The predicted octanol–water partition coefficient (Wildman–Crippen LogP) is 5.63. The Hall–Kier alpha value is -1.64. The highest BCUT2D eigenvalue weighted by molar-refractivity contribution is 5.15. The number of rotatable bonds is 13. The summed E-state index contributed by atoms with van der Waals surface area (Å²) in [5.74, 6) is 1.79. The van der Waals surface area contributed by atoms with Crippen LogP contribution in [-0.4, -0.2) is 26.2 Å². The van der Waals surface area contributed by atoms with Gasteiger partial charge in [0.2, 0.25) is 0 Å². The summed E-state index contributed by atoms with van der Waals surface area (Å²) in [6.07, 6.45) is 12.0. The fourth-order valence-electron chi connectivity index (χ4n) is 4.53. The van der Waals surface area contributed by atoms with Crippen LogP contribution in [0.5, 0.6) is 0 Å². The van der Waals surface area contributed by atoms with Gasteiger partial charge < -0.3 is 10.6 Å². The van der Waals surface area contributed by atoms with Gasteiger partial charge in [0, 0.05) is 0 Å². The lowest BCUT2D eigenvalue weighted by molar-refractivity contribution is 0.261. The molecule has 2 nitrogen and oxygen atoms in total. The summed E-state index contributed by atoms with van der Waals surface area (Å²) in [5, 5.41) is 7.41. The fourth-order valence-corrected chi connectivity index (χ4v) is 4.53. The lowest BCUT2D eigenvalue weighted by Gasteiger charge is -2.29. The smallest absolute Gasteiger partial charge is 0.000824 e. The molecule has 158 valence electrons. The Morgan fingerprint density at radius 1 is 0.552 bits per heavy atom. The summed E-state index contributed by atoms with van der Waals surface area (Å²) in [7, 11) is 0. The van der Waals surface area contributed by atoms with Crippen molar-refractivity contribution in [1.82, 2.24) is 10.6 Å². The van der Waals surface area contributed by atoms with Gasteiger partial charge in [0.15, 0.2) is 0 Å². The van der Waals surface area contributed by atoms with Gasteiger partial charge in [-0.05, 0) is 101 Å². The molecule has 2 aromatic rings. The molecule has 1 aliphatic carbocycles. The SMILES string of the molecule is c1ccc(CCCCCNCC2CCC(CNCCc3ccccc3)CC2)cc1. The quantitative estimate of drug-likeness (QED) is 0.432. The van der Waals surface area contributed by atoms with Gasteiger partial charge in [-0.2, -0.15) is 0 Å². The van der Waals surface area contributed by atoms with Crippen LogP contribution < -0.4 is 10.6 Å². The second-order valence-electron chi connectivity index (χ2n) is 8.83. The summed E-state index contributed by atoms with van der Waals surface area (Å²) >= 11 is 0.